The summed E-state index contributed by atoms with van der Waals surface area (Å²) in [5.41, 5.74) is 0.0444. The molecule has 3 N–H and O–H groups in total. The lowest BCUT2D eigenvalue weighted by atomic mass is 9.98. The number of hydrogen-bond acceptors (Lipinski definition) is 5. The minimum Gasteiger partial charge on any atom is -0.449 e. The van der Waals surface area contributed by atoms with E-state index in [-0.39, 0.29) is 16.1 Å². The molecule has 0 aliphatic carbocycles. The van der Waals surface area contributed by atoms with Crippen LogP contribution in [0.25, 0.3) is 11.1 Å². The van der Waals surface area contributed by atoms with E-state index in [0.717, 1.165) is 18.2 Å². The fourth-order valence-electron chi connectivity index (χ4n) is 3.02. The number of primary sulfonamides is 1. The van der Waals surface area contributed by atoms with Crippen molar-refractivity contribution in [3.63, 3.8) is 0 Å². The number of benzene rings is 3. The molecule has 7 nitrogen and oxygen atoms in total. The molecule has 0 aliphatic heterocycles. The average molecular weight is 492 g/mol. The summed E-state index contributed by atoms with van der Waals surface area (Å²) < 4.78 is 66.7. The van der Waals surface area contributed by atoms with Crippen LogP contribution in [0, 0.1) is 0 Å². The number of hydrogen-bond donors (Lipinski definition) is 2. The number of esters is 1. The lowest BCUT2D eigenvalue weighted by molar-refractivity contribution is -0.137. The van der Waals surface area contributed by atoms with Gasteiger partial charge < -0.3 is 10.1 Å². The van der Waals surface area contributed by atoms with Crippen molar-refractivity contribution in [3.05, 3.63) is 83.9 Å². The van der Waals surface area contributed by atoms with E-state index in [0.29, 0.717) is 11.1 Å². The van der Waals surface area contributed by atoms with Gasteiger partial charge in [0.25, 0.3) is 5.91 Å². The van der Waals surface area contributed by atoms with Gasteiger partial charge in [-0.1, -0.05) is 36.4 Å². The molecular formula is C23H19F3N2O5S. The van der Waals surface area contributed by atoms with Crippen molar-refractivity contribution in [2.24, 2.45) is 5.14 Å². The fourth-order valence-corrected chi connectivity index (χ4v) is 3.58. The van der Waals surface area contributed by atoms with Crippen LogP contribution in [0.3, 0.4) is 0 Å². The van der Waals surface area contributed by atoms with E-state index in [1.54, 1.807) is 18.2 Å². The smallest absolute Gasteiger partial charge is 0.416 e. The number of carbonyl (C=O) groups is 2. The van der Waals surface area contributed by atoms with E-state index < -0.39 is 39.7 Å². The first-order chi connectivity index (χ1) is 15.9. The normalized spacial score (nSPS) is 12.6. The zero-order valence-corrected chi connectivity index (χ0v) is 18.5. The highest BCUT2D eigenvalue weighted by Crippen LogP contribution is 2.32. The number of rotatable bonds is 6. The van der Waals surface area contributed by atoms with Crippen LogP contribution in [0.15, 0.2) is 77.7 Å². The van der Waals surface area contributed by atoms with Gasteiger partial charge in [0, 0.05) is 5.69 Å². The summed E-state index contributed by atoms with van der Waals surface area (Å²) in [6.45, 7) is 1.32. The van der Waals surface area contributed by atoms with Crippen LogP contribution in [0.5, 0.6) is 0 Å². The first kappa shape index (κ1) is 24.9. The molecule has 34 heavy (non-hydrogen) atoms. The Bertz CT molecular complexity index is 1320. The summed E-state index contributed by atoms with van der Waals surface area (Å²) in [7, 11) is -3.98. The Hall–Kier alpha value is -3.70. The number of nitrogens with one attached hydrogen (secondary N) is 1. The van der Waals surface area contributed by atoms with Crippen LogP contribution in [0.1, 0.15) is 22.8 Å². The molecule has 0 saturated heterocycles. The first-order valence-corrected chi connectivity index (χ1v) is 11.3. The molecule has 3 rings (SSSR count). The van der Waals surface area contributed by atoms with Crippen molar-refractivity contribution in [2.45, 2.75) is 24.1 Å². The minimum absolute atomic E-state index is 0.0538. The lowest BCUT2D eigenvalue weighted by Gasteiger charge is -2.16. The van der Waals surface area contributed by atoms with Gasteiger partial charge in [0.05, 0.1) is 16.0 Å². The van der Waals surface area contributed by atoms with Gasteiger partial charge in [0.1, 0.15) is 0 Å². The van der Waals surface area contributed by atoms with Crippen LogP contribution in [0.4, 0.5) is 18.9 Å². The molecular weight excluding hydrogens is 473 g/mol. The molecule has 0 fully saturated rings. The Morgan fingerprint density at radius 1 is 0.971 bits per heavy atom. The van der Waals surface area contributed by atoms with Gasteiger partial charge in [0.2, 0.25) is 10.0 Å². The van der Waals surface area contributed by atoms with Crippen molar-refractivity contribution >= 4 is 27.6 Å². The van der Waals surface area contributed by atoms with Gasteiger partial charge in [0.15, 0.2) is 6.10 Å². The molecule has 1 unspecified atom stereocenters. The Morgan fingerprint density at radius 2 is 1.62 bits per heavy atom. The molecule has 0 saturated carbocycles. The highest BCUT2D eigenvalue weighted by Gasteiger charge is 2.30. The maximum atomic E-state index is 12.8. The van der Waals surface area contributed by atoms with Crippen LogP contribution >= 0.6 is 0 Å². The first-order valence-electron chi connectivity index (χ1n) is 9.77. The Kier molecular flexibility index (Phi) is 7.08. The SMILES string of the molecule is CC(OC(=O)c1ccccc1-c1ccc(C(F)(F)F)cc1)C(=O)Nc1cccc(S(N)(=O)=O)c1. The van der Waals surface area contributed by atoms with Gasteiger partial charge >= 0.3 is 12.1 Å². The highest BCUT2D eigenvalue weighted by atomic mass is 32.2. The summed E-state index contributed by atoms with van der Waals surface area (Å²) in [4.78, 5) is 25.0. The Balaban J connectivity index is 1.75. The van der Waals surface area contributed by atoms with Crippen molar-refractivity contribution < 1.29 is 35.9 Å². The lowest BCUT2D eigenvalue weighted by Crippen LogP contribution is -2.30. The number of halogens is 3. The number of nitrogens with two attached hydrogens (primary N) is 1. The molecule has 1 atom stereocenters. The Labute approximate surface area is 193 Å². The van der Waals surface area contributed by atoms with E-state index in [1.807, 2.05) is 0 Å². The third-order valence-corrected chi connectivity index (χ3v) is 5.66. The molecule has 11 heteroatoms. The van der Waals surface area contributed by atoms with Gasteiger partial charge in [-0.05, 0) is 54.4 Å². The molecule has 178 valence electrons. The van der Waals surface area contributed by atoms with E-state index in [2.05, 4.69) is 5.32 Å². The van der Waals surface area contributed by atoms with Gasteiger partial charge in [-0.15, -0.1) is 0 Å². The summed E-state index contributed by atoms with van der Waals surface area (Å²) in [6.07, 6.45) is -5.76. The average Bonchev–Trinajstić information content (AvgIpc) is 2.78. The monoisotopic (exact) mass is 492 g/mol. The van der Waals surface area contributed by atoms with Gasteiger partial charge in [-0.25, -0.2) is 18.4 Å². The summed E-state index contributed by atoms with van der Waals surface area (Å²) >= 11 is 0. The molecule has 0 heterocycles. The predicted octanol–water partition coefficient (Wildman–Crippen LogP) is 4.20. The van der Waals surface area contributed by atoms with E-state index in [4.69, 9.17) is 9.88 Å². The molecule has 0 bridgehead atoms. The number of anilines is 1. The number of amides is 1. The predicted molar refractivity (Wildman–Crippen MR) is 118 cm³/mol. The third-order valence-electron chi connectivity index (χ3n) is 4.75. The fraction of sp³-hybridized carbons (Fsp3) is 0.130. The zero-order valence-electron chi connectivity index (χ0n) is 17.7. The molecule has 0 radical (unpaired) electrons. The largest absolute Gasteiger partial charge is 0.449 e. The topological polar surface area (TPSA) is 116 Å². The summed E-state index contributed by atoms with van der Waals surface area (Å²) in [6, 6.07) is 15.6. The summed E-state index contributed by atoms with van der Waals surface area (Å²) in [5, 5.41) is 7.51. The number of sulfonamides is 1. The number of alkyl halides is 3. The number of carbonyl (C=O) groups excluding carboxylic acids is 2. The quantitative estimate of drug-likeness (QED) is 0.501. The van der Waals surface area contributed by atoms with E-state index >= 15 is 0 Å². The highest BCUT2D eigenvalue weighted by molar-refractivity contribution is 7.89. The van der Waals surface area contributed by atoms with Gasteiger partial charge in [-0.2, -0.15) is 13.2 Å². The summed E-state index contributed by atoms with van der Waals surface area (Å²) in [5.74, 6) is -1.59. The van der Waals surface area contributed by atoms with Gasteiger partial charge in [-0.3, -0.25) is 4.79 Å². The van der Waals surface area contributed by atoms with Crippen molar-refractivity contribution in [3.8, 4) is 11.1 Å². The molecule has 0 aliphatic rings. The number of ether oxygens (including phenoxy) is 1. The maximum Gasteiger partial charge on any atom is 0.416 e. The standard InChI is InChI=1S/C23H19F3N2O5S/c1-14(21(29)28-17-5-4-6-18(13-17)34(27,31)32)33-22(30)20-8-3-2-7-19(20)15-9-11-16(12-10-15)23(24,25)26/h2-14H,1H3,(H,28,29)(H2,27,31,32). The second-order valence-corrected chi connectivity index (χ2v) is 8.79. The maximum absolute atomic E-state index is 12.8. The Morgan fingerprint density at radius 3 is 2.24 bits per heavy atom. The minimum atomic E-state index is -4.49. The van der Waals surface area contributed by atoms with Crippen LogP contribution < -0.4 is 10.5 Å². The van der Waals surface area contributed by atoms with Crippen molar-refractivity contribution in [1.29, 1.82) is 0 Å². The second-order valence-electron chi connectivity index (χ2n) is 7.23. The van der Waals surface area contributed by atoms with Crippen LogP contribution in [-0.4, -0.2) is 26.4 Å². The van der Waals surface area contributed by atoms with Crippen LogP contribution in [-0.2, 0) is 25.7 Å². The molecule has 1 amide bonds. The second kappa shape index (κ2) is 9.65. The molecule has 0 spiro atoms. The van der Waals surface area contributed by atoms with Crippen molar-refractivity contribution in [2.75, 3.05) is 5.32 Å². The third kappa shape index (κ3) is 6.00. The van der Waals surface area contributed by atoms with E-state index in [1.165, 1.54) is 43.3 Å². The van der Waals surface area contributed by atoms with Crippen LogP contribution in [0.2, 0.25) is 0 Å². The zero-order chi connectivity index (χ0) is 25.1. The molecule has 3 aromatic rings. The van der Waals surface area contributed by atoms with E-state index in [9.17, 15) is 31.2 Å². The molecule has 3 aromatic carbocycles. The van der Waals surface area contributed by atoms with Crippen molar-refractivity contribution in [1.82, 2.24) is 0 Å². The molecule has 0 aromatic heterocycles.